The van der Waals surface area contributed by atoms with Gasteiger partial charge in [0.25, 0.3) is 0 Å². The van der Waals surface area contributed by atoms with Gasteiger partial charge in [0.2, 0.25) is 0 Å². The fourth-order valence-electron chi connectivity index (χ4n) is 9.10. The molecule has 5 heteroatoms. The van der Waals surface area contributed by atoms with E-state index in [0.29, 0.717) is 19.5 Å². The van der Waals surface area contributed by atoms with Crippen molar-refractivity contribution < 1.29 is 5.11 Å². The molecule has 1 N–H and O–H groups in total. The van der Waals surface area contributed by atoms with Crippen molar-refractivity contribution in [1.82, 2.24) is 0 Å². The molecule has 4 aliphatic carbocycles. The van der Waals surface area contributed by atoms with Crippen molar-refractivity contribution in [2.45, 2.75) is 80.0 Å². The van der Waals surface area contributed by atoms with Crippen LogP contribution < -0.4 is 0 Å². The van der Waals surface area contributed by atoms with Gasteiger partial charge in [-0.15, -0.1) is 47.0 Å². The molecule has 0 aromatic heterocycles. The molecule has 0 aromatic carbocycles. The van der Waals surface area contributed by atoms with E-state index < -0.39 is 0 Å². The molecule has 30 heavy (non-hydrogen) atoms. The smallest absolute Gasteiger partial charge is 0.0795 e. The summed E-state index contributed by atoms with van der Waals surface area (Å²) in [7, 11) is 0. The summed E-state index contributed by atoms with van der Waals surface area (Å²) in [5.41, 5.74) is 2.31. The minimum absolute atomic E-state index is 0.108. The van der Waals surface area contributed by atoms with Gasteiger partial charge in [0.1, 0.15) is 0 Å². The molecule has 0 unspecified atom stereocenters. The van der Waals surface area contributed by atoms with Crippen molar-refractivity contribution in [3.63, 3.8) is 0 Å². The second kappa shape index (κ2) is 7.30. The van der Waals surface area contributed by atoms with E-state index in [9.17, 15) is 5.11 Å². The third-order valence-electron chi connectivity index (χ3n) is 10.3. The van der Waals surface area contributed by atoms with E-state index in [1.165, 1.54) is 61.5 Å². The zero-order chi connectivity index (χ0) is 20.8. The second-order valence-electron chi connectivity index (χ2n) is 11.6. The zero-order valence-electron chi connectivity index (χ0n) is 18.8. The van der Waals surface area contributed by atoms with E-state index in [-0.39, 0.29) is 11.5 Å². The quantitative estimate of drug-likeness (QED) is 0.409. The molecule has 6 rings (SSSR count). The Bertz CT molecular complexity index is 739. The number of thioether (sulfide) groups is 4. The van der Waals surface area contributed by atoms with Gasteiger partial charge in [0.15, 0.2) is 0 Å². The van der Waals surface area contributed by atoms with Gasteiger partial charge in [-0.1, -0.05) is 25.5 Å². The number of hydrogen-bond donors (Lipinski definition) is 1. The minimum Gasteiger partial charge on any atom is -0.393 e. The summed E-state index contributed by atoms with van der Waals surface area (Å²) in [5.74, 6) is 8.11. The average molecular weight is 483 g/mol. The lowest BCUT2D eigenvalue weighted by atomic mass is 9.46. The molecule has 1 spiro atoms. The molecule has 5 fully saturated rings. The topological polar surface area (TPSA) is 20.2 Å². The van der Waals surface area contributed by atoms with Crippen molar-refractivity contribution >= 4 is 47.0 Å². The Morgan fingerprint density at radius 1 is 0.900 bits per heavy atom. The summed E-state index contributed by atoms with van der Waals surface area (Å²) < 4.78 is 0.758. The molecule has 3 saturated carbocycles. The van der Waals surface area contributed by atoms with Crippen LogP contribution in [0.4, 0.5) is 0 Å². The Labute approximate surface area is 200 Å². The van der Waals surface area contributed by atoms with E-state index in [4.69, 9.17) is 0 Å². The second-order valence-corrected chi connectivity index (χ2v) is 18.0. The van der Waals surface area contributed by atoms with Gasteiger partial charge in [0, 0.05) is 23.0 Å². The van der Waals surface area contributed by atoms with Gasteiger partial charge in [-0.25, -0.2) is 0 Å². The van der Waals surface area contributed by atoms with Crippen LogP contribution in [0.2, 0.25) is 0 Å². The number of aliphatic hydroxyl groups excluding tert-OH is 1. The molecule has 2 aliphatic heterocycles. The number of allylic oxidation sites excluding steroid dienone is 1. The van der Waals surface area contributed by atoms with Crippen LogP contribution in [0.1, 0.15) is 65.7 Å². The third kappa shape index (κ3) is 2.96. The maximum Gasteiger partial charge on any atom is 0.0795 e. The van der Waals surface area contributed by atoms with E-state index >= 15 is 0 Å². The first-order chi connectivity index (χ1) is 14.3. The zero-order valence-corrected chi connectivity index (χ0v) is 22.1. The van der Waals surface area contributed by atoms with Gasteiger partial charge in [0.05, 0.1) is 14.3 Å². The van der Waals surface area contributed by atoms with Crippen LogP contribution in [-0.2, 0) is 0 Å². The molecule has 7 atom stereocenters. The molecule has 0 radical (unpaired) electrons. The highest BCUT2D eigenvalue weighted by Crippen LogP contribution is 2.71. The molecule has 168 valence electrons. The monoisotopic (exact) mass is 482 g/mol. The Hall–Kier alpha value is 1.10. The summed E-state index contributed by atoms with van der Waals surface area (Å²) in [4.78, 5) is 0. The summed E-state index contributed by atoms with van der Waals surface area (Å²) in [6.07, 6.45) is 11.7. The molecule has 6 aliphatic rings. The lowest BCUT2D eigenvalue weighted by Gasteiger charge is -2.61. The van der Waals surface area contributed by atoms with Crippen LogP contribution in [0.25, 0.3) is 0 Å². The minimum atomic E-state index is -0.108. The number of aliphatic hydroxyl groups is 1. The normalized spacial score (nSPS) is 51.3. The standard InChI is InChI=1S/C25H38OS4/c1-22-8-9-25(29-12-13-30-25)14-16(22)4-5-17-18-6-7-20(24(3)27-10-11-28-24)23(18,2)15-19(26)21(17)22/h14,17-21,26H,4-13,15H2,1-3H3/t17-,18-,19+,20-,21+,22-,23-/m0/s1. The lowest BCUT2D eigenvalue weighted by molar-refractivity contribution is -0.128. The van der Waals surface area contributed by atoms with E-state index in [2.05, 4.69) is 73.9 Å². The highest BCUT2D eigenvalue weighted by molar-refractivity contribution is 8.21. The van der Waals surface area contributed by atoms with Crippen LogP contribution in [0.15, 0.2) is 11.6 Å². The predicted molar refractivity (Wildman–Crippen MR) is 138 cm³/mol. The largest absolute Gasteiger partial charge is 0.393 e. The average Bonchev–Trinajstić information content (AvgIpc) is 3.41. The molecule has 0 bridgehead atoms. The van der Waals surface area contributed by atoms with Crippen molar-refractivity contribution in [3.05, 3.63) is 11.6 Å². The highest BCUT2D eigenvalue weighted by Gasteiger charge is 2.65. The van der Waals surface area contributed by atoms with Crippen molar-refractivity contribution in [3.8, 4) is 0 Å². The van der Waals surface area contributed by atoms with Crippen LogP contribution >= 0.6 is 47.0 Å². The molecule has 0 aromatic rings. The van der Waals surface area contributed by atoms with E-state index in [0.717, 1.165) is 24.2 Å². The summed E-state index contributed by atoms with van der Waals surface area (Å²) >= 11 is 8.84. The van der Waals surface area contributed by atoms with Crippen LogP contribution in [-0.4, -0.2) is 42.4 Å². The number of fused-ring (bicyclic) bond motifs is 5. The Kier molecular flexibility index (Phi) is 5.26. The molecular formula is C25H38OS4. The molecule has 0 amide bonds. The summed E-state index contributed by atoms with van der Waals surface area (Å²) in [6.45, 7) is 7.68. The number of hydrogen-bond acceptors (Lipinski definition) is 5. The predicted octanol–water partition coefficient (Wildman–Crippen LogP) is 6.91. The van der Waals surface area contributed by atoms with E-state index in [1.807, 2.05) is 0 Å². The first kappa shape index (κ1) is 21.6. The van der Waals surface area contributed by atoms with Gasteiger partial charge < -0.3 is 5.11 Å². The van der Waals surface area contributed by atoms with Gasteiger partial charge >= 0.3 is 0 Å². The fraction of sp³-hybridized carbons (Fsp3) is 0.920. The lowest BCUT2D eigenvalue weighted by Crippen LogP contribution is -2.58. The van der Waals surface area contributed by atoms with Crippen LogP contribution in [0.3, 0.4) is 0 Å². The molecule has 1 nitrogen and oxygen atoms in total. The number of rotatable bonds is 1. The molecule has 2 saturated heterocycles. The van der Waals surface area contributed by atoms with Crippen molar-refractivity contribution in [2.75, 3.05) is 23.0 Å². The Morgan fingerprint density at radius 2 is 1.60 bits per heavy atom. The molecule has 2 heterocycles. The summed E-state index contributed by atoms with van der Waals surface area (Å²) in [5, 5.41) is 11.8. The van der Waals surface area contributed by atoms with Gasteiger partial charge in [-0.3, -0.25) is 0 Å². The Balaban J connectivity index is 1.32. The van der Waals surface area contributed by atoms with Gasteiger partial charge in [-0.05, 0) is 86.4 Å². The van der Waals surface area contributed by atoms with Gasteiger partial charge in [-0.2, -0.15) is 0 Å². The maximum atomic E-state index is 11.8. The summed E-state index contributed by atoms with van der Waals surface area (Å²) in [6, 6.07) is 0. The highest BCUT2D eigenvalue weighted by atomic mass is 32.2. The maximum absolute atomic E-state index is 11.8. The first-order valence-corrected chi connectivity index (χ1v) is 16.2. The Morgan fingerprint density at radius 3 is 2.33 bits per heavy atom. The first-order valence-electron chi connectivity index (χ1n) is 12.3. The fourth-order valence-corrected chi connectivity index (χ4v) is 15.7. The van der Waals surface area contributed by atoms with Crippen LogP contribution in [0, 0.1) is 34.5 Å². The van der Waals surface area contributed by atoms with Crippen molar-refractivity contribution in [2.24, 2.45) is 34.5 Å². The third-order valence-corrected chi connectivity index (χ3v) is 17.2. The van der Waals surface area contributed by atoms with Crippen molar-refractivity contribution in [1.29, 1.82) is 0 Å². The van der Waals surface area contributed by atoms with Crippen LogP contribution in [0.5, 0.6) is 0 Å². The van der Waals surface area contributed by atoms with E-state index in [1.54, 1.807) is 5.57 Å². The molecular weight excluding hydrogens is 445 g/mol. The SMILES string of the molecule is CC1([C@H]2CC[C@H]3[C@@H]4CCC5=CC6(CC[C@]5(C)[C@H]4[C@H](O)C[C@]23C)SCCS6)SCCS1.